The van der Waals surface area contributed by atoms with Gasteiger partial charge in [-0.2, -0.15) is 0 Å². The Morgan fingerprint density at radius 1 is 1.13 bits per heavy atom. The van der Waals surface area contributed by atoms with Gasteiger partial charge in [-0.05, 0) is 43.2 Å². The van der Waals surface area contributed by atoms with Crippen molar-refractivity contribution in [3.05, 3.63) is 36.6 Å². The van der Waals surface area contributed by atoms with Crippen molar-refractivity contribution in [1.29, 1.82) is 0 Å². The Morgan fingerprint density at radius 3 is 2.63 bits per heavy atom. The van der Waals surface area contributed by atoms with Gasteiger partial charge in [-0.3, -0.25) is 14.7 Å². The highest BCUT2D eigenvalue weighted by molar-refractivity contribution is 5.94. The molecule has 3 aromatic rings. The number of aromatic nitrogens is 3. The molecule has 2 fully saturated rings. The number of nitrogens with zero attached hydrogens (tertiary/aromatic N) is 4. The van der Waals surface area contributed by atoms with Crippen LogP contribution >= 0.6 is 0 Å². The first kappa shape index (κ1) is 19.1. The fourth-order valence-corrected chi connectivity index (χ4v) is 4.40. The van der Waals surface area contributed by atoms with Crippen molar-refractivity contribution in [3.63, 3.8) is 0 Å². The van der Waals surface area contributed by atoms with Crippen LogP contribution in [0.4, 0.5) is 10.2 Å². The highest BCUT2D eigenvalue weighted by Crippen LogP contribution is 2.34. The average Bonchev–Trinajstić information content (AvgIpc) is 3.44. The molecule has 2 atom stereocenters. The van der Waals surface area contributed by atoms with Gasteiger partial charge < -0.3 is 9.73 Å². The quantitative estimate of drug-likeness (QED) is 0.646. The number of rotatable bonds is 5. The molecule has 0 aromatic carbocycles. The van der Waals surface area contributed by atoms with Crippen LogP contribution in [-0.2, 0) is 4.79 Å². The molecule has 3 aromatic heterocycles. The van der Waals surface area contributed by atoms with Gasteiger partial charge in [0.2, 0.25) is 5.91 Å². The van der Waals surface area contributed by atoms with E-state index in [9.17, 15) is 9.18 Å². The second kappa shape index (κ2) is 7.75. The minimum absolute atomic E-state index is 0.00766. The van der Waals surface area contributed by atoms with Crippen LogP contribution in [0.25, 0.3) is 22.2 Å². The van der Waals surface area contributed by atoms with Crippen molar-refractivity contribution >= 4 is 22.5 Å². The monoisotopic (exact) mass is 409 g/mol. The minimum Gasteiger partial charge on any atom is -0.439 e. The van der Waals surface area contributed by atoms with Gasteiger partial charge in [0.05, 0.1) is 12.2 Å². The van der Waals surface area contributed by atoms with Crippen molar-refractivity contribution in [2.75, 3.05) is 18.5 Å². The number of oxazole rings is 1. The van der Waals surface area contributed by atoms with Crippen LogP contribution in [0.3, 0.4) is 0 Å². The Morgan fingerprint density at radius 2 is 1.93 bits per heavy atom. The third kappa shape index (κ3) is 3.79. The lowest BCUT2D eigenvalue weighted by Gasteiger charge is -2.28. The summed E-state index contributed by atoms with van der Waals surface area (Å²) in [6.45, 7) is 2.39. The largest absolute Gasteiger partial charge is 0.439 e. The van der Waals surface area contributed by atoms with E-state index in [-0.39, 0.29) is 24.5 Å². The van der Waals surface area contributed by atoms with Gasteiger partial charge in [-0.25, -0.2) is 14.4 Å². The number of anilines is 1. The van der Waals surface area contributed by atoms with Crippen molar-refractivity contribution in [3.8, 4) is 11.5 Å². The summed E-state index contributed by atoms with van der Waals surface area (Å²) in [5, 5.41) is 4.77. The highest BCUT2D eigenvalue weighted by atomic mass is 19.1. The summed E-state index contributed by atoms with van der Waals surface area (Å²) in [6, 6.07) is 4.31. The number of amides is 1. The zero-order valence-corrected chi connectivity index (χ0v) is 16.8. The third-order valence-electron chi connectivity index (χ3n) is 6.20. The number of carbonyl (C=O) groups excluding carboxylic acids is 1. The van der Waals surface area contributed by atoms with Crippen molar-refractivity contribution < 1.29 is 13.6 Å². The van der Waals surface area contributed by atoms with Crippen molar-refractivity contribution in [2.24, 2.45) is 5.92 Å². The van der Waals surface area contributed by atoms with E-state index < -0.39 is 0 Å². The van der Waals surface area contributed by atoms with Crippen LogP contribution in [0.5, 0.6) is 0 Å². The smallest absolute Gasteiger partial charge is 0.228 e. The zero-order valence-electron chi connectivity index (χ0n) is 16.8. The third-order valence-corrected chi connectivity index (χ3v) is 6.20. The molecule has 156 valence electrons. The molecular formula is C22H24FN5O2. The van der Waals surface area contributed by atoms with Crippen LogP contribution in [0.2, 0.25) is 0 Å². The lowest BCUT2D eigenvalue weighted by Crippen LogP contribution is -2.32. The lowest BCUT2D eigenvalue weighted by molar-refractivity contribution is -0.121. The van der Waals surface area contributed by atoms with E-state index in [1.165, 1.54) is 0 Å². The number of halogens is 1. The van der Waals surface area contributed by atoms with Crippen LogP contribution < -0.4 is 5.32 Å². The normalized spacial score (nSPS) is 25.9. The maximum absolute atomic E-state index is 12.7. The molecular weight excluding hydrogens is 385 g/mol. The summed E-state index contributed by atoms with van der Waals surface area (Å²) >= 11 is 0. The minimum atomic E-state index is -0.263. The van der Waals surface area contributed by atoms with Gasteiger partial charge in [0.15, 0.2) is 11.7 Å². The van der Waals surface area contributed by atoms with E-state index in [4.69, 9.17) is 4.42 Å². The SMILES string of the molecule is Cc1ncc(-c2cc3cc(NC(=O)[C@H]4CC[C@H](N5CC5CF)CC4)ncc3cn2)o1. The Kier molecular flexibility index (Phi) is 4.94. The number of pyridine rings is 2. The molecule has 0 spiro atoms. The van der Waals surface area contributed by atoms with Gasteiger partial charge in [0.1, 0.15) is 18.2 Å². The first-order valence-electron chi connectivity index (χ1n) is 10.4. The maximum atomic E-state index is 12.7. The first-order valence-corrected chi connectivity index (χ1v) is 10.4. The number of hydrogen-bond donors (Lipinski definition) is 1. The fourth-order valence-electron chi connectivity index (χ4n) is 4.40. The van der Waals surface area contributed by atoms with Gasteiger partial charge in [-0.15, -0.1) is 0 Å². The van der Waals surface area contributed by atoms with E-state index in [0.717, 1.165) is 43.0 Å². The molecule has 2 aliphatic rings. The molecule has 0 radical (unpaired) electrons. The van der Waals surface area contributed by atoms with Crippen LogP contribution in [-0.4, -0.2) is 51.1 Å². The molecule has 1 saturated heterocycles. The predicted octanol–water partition coefficient (Wildman–Crippen LogP) is 3.74. The number of fused-ring (bicyclic) bond motifs is 1. The van der Waals surface area contributed by atoms with Gasteiger partial charge in [-0.1, -0.05) is 0 Å². The standard InChI is InChI=1S/C22H24FN5O2/c1-13-24-11-20(30-13)19-6-15-7-21(26-10-16(15)9-25-19)27-22(29)14-2-4-17(5-3-14)28-12-18(28)8-23/h6-7,9-11,14,17-18H,2-5,8,12H2,1H3,(H,26,27,29)/t14-,17-,18?,28?. The van der Waals surface area contributed by atoms with E-state index in [0.29, 0.717) is 29.2 Å². The van der Waals surface area contributed by atoms with E-state index in [2.05, 4.69) is 25.2 Å². The summed E-state index contributed by atoms with van der Waals surface area (Å²) in [4.78, 5) is 27.9. The summed E-state index contributed by atoms with van der Waals surface area (Å²) in [5.74, 6) is 1.71. The molecule has 1 saturated carbocycles. The second-order valence-corrected chi connectivity index (χ2v) is 8.23. The van der Waals surface area contributed by atoms with E-state index in [1.807, 2.05) is 12.1 Å². The van der Waals surface area contributed by atoms with E-state index in [1.54, 1.807) is 25.5 Å². The number of aryl methyl sites for hydroxylation is 1. The molecule has 5 rings (SSSR count). The fraction of sp³-hybridized carbons (Fsp3) is 0.455. The summed E-state index contributed by atoms with van der Waals surface area (Å²) in [5.41, 5.74) is 0.687. The van der Waals surface area contributed by atoms with E-state index >= 15 is 0 Å². The average molecular weight is 409 g/mol. The summed E-state index contributed by atoms with van der Waals surface area (Å²) in [7, 11) is 0. The number of alkyl halides is 1. The Balaban J connectivity index is 1.25. The van der Waals surface area contributed by atoms with Crippen LogP contribution in [0, 0.1) is 12.8 Å². The predicted molar refractivity (Wildman–Crippen MR) is 111 cm³/mol. The van der Waals surface area contributed by atoms with Gasteiger partial charge in [0.25, 0.3) is 0 Å². The first-order chi connectivity index (χ1) is 14.6. The van der Waals surface area contributed by atoms with Crippen LogP contribution in [0.15, 0.2) is 35.1 Å². The molecule has 1 amide bonds. The van der Waals surface area contributed by atoms with Gasteiger partial charge >= 0.3 is 0 Å². The molecule has 1 aliphatic carbocycles. The van der Waals surface area contributed by atoms with Crippen molar-refractivity contribution in [1.82, 2.24) is 19.9 Å². The topological polar surface area (TPSA) is 83.9 Å². The summed E-state index contributed by atoms with van der Waals surface area (Å²) in [6.07, 6.45) is 8.66. The zero-order chi connectivity index (χ0) is 20.7. The molecule has 8 heteroatoms. The Labute approximate surface area is 173 Å². The molecule has 0 bridgehead atoms. The molecule has 1 N–H and O–H groups in total. The lowest BCUT2D eigenvalue weighted by atomic mass is 9.85. The molecule has 4 heterocycles. The maximum Gasteiger partial charge on any atom is 0.228 e. The van der Waals surface area contributed by atoms with Crippen LogP contribution in [0.1, 0.15) is 31.6 Å². The summed E-state index contributed by atoms with van der Waals surface area (Å²) < 4.78 is 18.3. The Bertz CT molecular complexity index is 1080. The number of hydrogen-bond acceptors (Lipinski definition) is 6. The number of carbonyl (C=O) groups is 1. The molecule has 7 nitrogen and oxygen atoms in total. The number of nitrogens with one attached hydrogen (secondary N) is 1. The van der Waals surface area contributed by atoms with Gasteiger partial charge in [0, 0.05) is 43.2 Å². The second-order valence-electron chi connectivity index (χ2n) is 8.23. The molecule has 30 heavy (non-hydrogen) atoms. The highest BCUT2D eigenvalue weighted by Gasteiger charge is 2.41. The molecule has 1 aliphatic heterocycles. The van der Waals surface area contributed by atoms with Crippen molar-refractivity contribution in [2.45, 2.75) is 44.7 Å². The molecule has 2 unspecified atom stereocenters. The Hall–Kier alpha value is -2.87.